The quantitative estimate of drug-likeness (QED) is 0.397. The molecule has 2 aromatic carbocycles. The van der Waals surface area contributed by atoms with Gasteiger partial charge in [0.05, 0.1) is 27.8 Å². The van der Waals surface area contributed by atoms with Crippen LogP contribution in [0.3, 0.4) is 0 Å². The van der Waals surface area contributed by atoms with Gasteiger partial charge in [-0.15, -0.1) is 0 Å². The van der Waals surface area contributed by atoms with E-state index in [0.717, 1.165) is 12.1 Å². The fraction of sp³-hybridized carbons (Fsp3) is 0.286. The molecule has 1 fully saturated rings. The molecule has 3 rings (SSSR count). The van der Waals surface area contributed by atoms with Crippen molar-refractivity contribution in [1.29, 1.82) is 0 Å². The Morgan fingerprint density at radius 1 is 1.24 bits per heavy atom. The second-order valence-corrected chi connectivity index (χ2v) is 7.33. The third kappa shape index (κ3) is 5.45. The molecule has 12 heteroatoms. The molecule has 1 atom stereocenters. The molecule has 0 aromatic heterocycles. The van der Waals surface area contributed by atoms with E-state index in [1.165, 1.54) is 35.2 Å². The predicted molar refractivity (Wildman–Crippen MR) is 109 cm³/mol. The zero-order chi connectivity index (χ0) is 24.3. The lowest BCUT2D eigenvalue weighted by molar-refractivity contribution is -0.385. The van der Waals surface area contributed by atoms with E-state index in [0.29, 0.717) is 5.56 Å². The van der Waals surface area contributed by atoms with Crippen LogP contribution in [0.25, 0.3) is 0 Å². The van der Waals surface area contributed by atoms with E-state index < -0.39 is 52.7 Å². The normalized spacial score (nSPS) is 15.9. The largest absolute Gasteiger partial charge is 0.455 e. The highest BCUT2D eigenvalue weighted by molar-refractivity contribution is 6.00. The molecule has 0 bridgehead atoms. The average Bonchev–Trinajstić information content (AvgIpc) is 3.13. The van der Waals surface area contributed by atoms with Crippen molar-refractivity contribution in [3.05, 3.63) is 63.7 Å². The number of para-hydroxylation sites is 1. The van der Waals surface area contributed by atoms with Crippen molar-refractivity contribution in [2.45, 2.75) is 19.5 Å². The Bertz CT molecular complexity index is 1120. The van der Waals surface area contributed by atoms with E-state index in [-0.39, 0.29) is 24.3 Å². The van der Waals surface area contributed by atoms with Gasteiger partial charge in [0.1, 0.15) is 0 Å². The summed E-state index contributed by atoms with van der Waals surface area (Å²) in [7, 11) is 0. The molecule has 1 heterocycles. The number of benzene rings is 2. The number of carbonyl (C=O) groups is 3. The molecule has 2 aromatic rings. The Kier molecular flexibility index (Phi) is 6.65. The van der Waals surface area contributed by atoms with Crippen LogP contribution in [0.5, 0.6) is 0 Å². The topological polar surface area (TPSA) is 119 Å². The first-order valence-electron chi connectivity index (χ1n) is 9.65. The fourth-order valence-electron chi connectivity index (χ4n) is 3.36. The molecule has 0 radical (unpaired) electrons. The van der Waals surface area contributed by atoms with Crippen molar-refractivity contribution in [1.82, 2.24) is 0 Å². The summed E-state index contributed by atoms with van der Waals surface area (Å²) in [5, 5.41) is 13.2. The molecule has 2 amide bonds. The number of esters is 1. The first kappa shape index (κ1) is 23.7. The highest BCUT2D eigenvalue weighted by atomic mass is 19.4. The number of amides is 2. The van der Waals surface area contributed by atoms with Gasteiger partial charge < -0.3 is 15.0 Å². The molecule has 1 saturated heterocycles. The smallest absolute Gasteiger partial charge is 0.418 e. The monoisotopic (exact) mass is 465 g/mol. The van der Waals surface area contributed by atoms with Crippen LogP contribution in [0.4, 0.5) is 30.2 Å². The fourth-order valence-corrected chi connectivity index (χ4v) is 3.36. The number of aryl methyl sites for hydroxylation is 1. The van der Waals surface area contributed by atoms with Crippen LogP contribution in [0.2, 0.25) is 0 Å². The number of ether oxygens (including phenoxy) is 1. The molecular weight excluding hydrogens is 447 g/mol. The Balaban J connectivity index is 1.60. The maximum absolute atomic E-state index is 13.0. The number of rotatable bonds is 6. The maximum Gasteiger partial charge on any atom is 0.418 e. The van der Waals surface area contributed by atoms with Crippen molar-refractivity contribution < 1.29 is 37.2 Å². The molecule has 9 nitrogen and oxygen atoms in total. The second kappa shape index (κ2) is 9.27. The molecule has 1 N–H and O–H groups in total. The van der Waals surface area contributed by atoms with Gasteiger partial charge in [-0.1, -0.05) is 18.2 Å². The molecule has 1 aliphatic heterocycles. The summed E-state index contributed by atoms with van der Waals surface area (Å²) in [5.74, 6) is -3.26. The number of nitrogens with zero attached hydrogens (tertiary/aromatic N) is 2. The first-order chi connectivity index (χ1) is 15.5. The minimum atomic E-state index is -4.68. The number of nitrogens with one attached hydrogen (secondary N) is 1. The number of alkyl halides is 3. The molecule has 1 aliphatic rings. The number of nitro benzene ring substituents is 1. The Labute approximate surface area is 185 Å². The number of halogens is 3. The minimum absolute atomic E-state index is 0.115. The van der Waals surface area contributed by atoms with Crippen molar-refractivity contribution in [2.75, 3.05) is 23.4 Å². The summed E-state index contributed by atoms with van der Waals surface area (Å²) in [6, 6.07) is 8.57. The summed E-state index contributed by atoms with van der Waals surface area (Å²) < 4.78 is 43.9. The SMILES string of the molecule is Cc1ccc(N2C[C@H](C(=O)OCC(=O)Nc3ccccc3C(F)(F)F)CC2=O)cc1[N+](=O)[O-]. The van der Waals surface area contributed by atoms with E-state index >= 15 is 0 Å². The molecule has 33 heavy (non-hydrogen) atoms. The van der Waals surface area contributed by atoms with Crippen LogP contribution < -0.4 is 10.2 Å². The molecular formula is C21H18F3N3O6. The molecule has 0 saturated carbocycles. The summed E-state index contributed by atoms with van der Waals surface area (Å²) in [4.78, 5) is 48.4. The van der Waals surface area contributed by atoms with Gasteiger partial charge in [-0.3, -0.25) is 24.5 Å². The highest BCUT2D eigenvalue weighted by Crippen LogP contribution is 2.34. The summed E-state index contributed by atoms with van der Waals surface area (Å²) in [6.07, 6.45) is -4.92. The van der Waals surface area contributed by atoms with Crippen LogP contribution in [0, 0.1) is 23.0 Å². The second-order valence-electron chi connectivity index (χ2n) is 7.33. The van der Waals surface area contributed by atoms with Crippen LogP contribution in [-0.4, -0.2) is 35.9 Å². The number of hydrogen-bond acceptors (Lipinski definition) is 6. The number of carbonyl (C=O) groups excluding carboxylic acids is 3. The molecule has 0 spiro atoms. The van der Waals surface area contributed by atoms with Gasteiger partial charge in [0.15, 0.2) is 6.61 Å². The van der Waals surface area contributed by atoms with E-state index in [1.54, 1.807) is 6.92 Å². The van der Waals surface area contributed by atoms with Crippen LogP contribution in [-0.2, 0) is 25.3 Å². The predicted octanol–water partition coefficient (Wildman–Crippen LogP) is 3.46. The lowest BCUT2D eigenvalue weighted by Gasteiger charge is -2.17. The molecule has 174 valence electrons. The average molecular weight is 465 g/mol. The Morgan fingerprint density at radius 3 is 2.61 bits per heavy atom. The standard InChI is InChI=1S/C21H18F3N3O6/c1-12-6-7-14(9-17(12)27(31)32)26-10-13(8-19(26)29)20(30)33-11-18(28)25-16-5-3-2-4-15(16)21(22,23)24/h2-7,9,13H,8,10-11H2,1H3,(H,25,28)/t13-/m1/s1. The van der Waals surface area contributed by atoms with Crippen molar-refractivity contribution >= 4 is 34.8 Å². The molecule has 0 aliphatic carbocycles. The van der Waals surface area contributed by atoms with Crippen LogP contribution in [0.1, 0.15) is 17.5 Å². The van der Waals surface area contributed by atoms with E-state index in [1.807, 2.05) is 0 Å². The van der Waals surface area contributed by atoms with Crippen molar-refractivity contribution in [3.8, 4) is 0 Å². The number of anilines is 2. The third-order valence-corrected chi connectivity index (χ3v) is 5.01. The van der Waals surface area contributed by atoms with Gasteiger partial charge in [-0.2, -0.15) is 13.2 Å². The third-order valence-electron chi connectivity index (χ3n) is 5.01. The number of hydrogen-bond donors (Lipinski definition) is 1. The van der Waals surface area contributed by atoms with Crippen LogP contribution in [0.15, 0.2) is 42.5 Å². The van der Waals surface area contributed by atoms with Gasteiger partial charge in [0.25, 0.3) is 11.6 Å². The maximum atomic E-state index is 13.0. The Morgan fingerprint density at radius 2 is 1.94 bits per heavy atom. The first-order valence-corrected chi connectivity index (χ1v) is 9.65. The summed E-state index contributed by atoms with van der Waals surface area (Å²) in [6.45, 7) is 0.591. The van der Waals surface area contributed by atoms with Gasteiger partial charge >= 0.3 is 12.1 Å². The van der Waals surface area contributed by atoms with Crippen molar-refractivity contribution in [3.63, 3.8) is 0 Å². The van der Waals surface area contributed by atoms with Crippen molar-refractivity contribution in [2.24, 2.45) is 5.92 Å². The lowest BCUT2D eigenvalue weighted by atomic mass is 10.1. The Hall–Kier alpha value is -3.96. The van der Waals surface area contributed by atoms with E-state index in [9.17, 15) is 37.7 Å². The minimum Gasteiger partial charge on any atom is -0.455 e. The highest BCUT2D eigenvalue weighted by Gasteiger charge is 2.37. The zero-order valence-electron chi connectivity index (χ0n) is 17.2. The lowest BCUT2D eigenvalue weighted by Crippen LogP contribution is -2.28. The van der Waals surface area contributed by atoms with Gasteiger partial charge in [-0.25, -0.2) is 0 Å². The number of nitro groups is 1. The summed E-state index contributed by atoms with van der Waals surface area (Å²) >= 11 is 0. The molecule has 0 unspecified atom stereocenters. The zero-order valence-corrected chi connectivity index (χ0v) is 17.2. The van der Waals surface area contributed by atoms with Gasteiger partial charge in [0, 0.05) is 24.6 Å². The van der Waals surface area contributed by atoms with E-state index in [4.69, 9.17) is 4.74 Å². The van der Waals surface area contributed by atoms with E-state index in [2.05, 4.69) is 5.32 Å². The van der Waals surface area contributed by atoms with Crippen LogP contribution >= 0.6 is 0 Å². The summed E-state index contributed by atoms with van der Waals surface area (Å²) in [5.41, 5.74) is -1.05. The van der Waals surface area contributed by atoms with Gasteiger partial charge in [0.2, 0.25) is 5.91 Å². The van der Waals surface area contributed by atoms with Gasteiger partial charge in [-0.05, 0) is 25.1 Å².